The maximum Gasteiger partial charge on any atom is 0.175 e. The number of methoxy groups -OCH3 is 1. The highest BCUT2D eigenvalue weighted by Crippen LogP contribution is 2.37. The summed E-state index contributed by atoms with van der Waals surface area (Å²) in [5.74, 6) is 1.45. The number of hydrogen-bond donors (Lipinski definition) is 1. The quantitative estimate of drug-likeness (QED) is 0.903. The van der Waals surface area contributed by atoms with E-state index in [9.17, 15) is 0 Å². The molecule has 0 aliphatic carbocycles. The van der Waals surface area contributed by atoms with Crippen LogP contribution in [0.2, 0.25) is 0 Å². The van der Waals surface area contributed by atoms with Gasteiger partial charge in [-0.15, -0.1) is 0 Å². The van der Waals surface area contributed by atoms with Gasteiger partial charge in [-0.05, 0) is 54.4 Å². The lowest BCUT2D eigenvalue weighted by molar-refractivity contribution is 0.309. The third kappa shape index (κ3) is 3.75. The van der Waals surface area contributed by atoms with Crippen LogP contribution in [-0.4, -0.2) is 19.8 Å². The number of benzene rings is 1. The van der Waals surface area contributed by atoms with Crippen LogP contribution in [0.3, 0.4) is 0 Å². The zero-order chi connectivity index (χ0) is 13.7. The Balaban J connectivity index is 3.18. The minimum Gasteiger partial charge on any atom is -0.493 e. The molecule has 3 nitrogen and oxygen atoms in total. The molecular formula is C14H20BrNO2. The molecule has 0 saturated carbocycles. The third-order valence-electron chi connectivity index (χ3n) is 2.65. The average molecular weight is 314 g/mol. The summed E-state index contributed by atoms with van der Waals surface area (Å²) in [7, 11) is 1.64. The minimum absolute atomic E-state index is 0.0429. The first-order valence-electron chi connectivity index (χ1n) is 5.93. The van der Waals surface area contributed by atoms with Crippen molar-refractivity contribution in [2.24, 2.45) is 5.73 Å². The lowest BCUT2D eigenvalue weighted by Gasteiger charge is -2.13. The van der Waals surface area contributed by atoms with Crippen molar-refractivity contribution in [3.63, 3.8) is 0 Å². The standard InChI is InChI=1S/C14H20BrNO2/c1-5-18-14-12(15)7-11(8-13(14)17-4)6-9(2)10(3)16/h6-8,10H,5,16H2,1-4H3/b9-6-. The molecule has 1 aromatic carbocycles. The van der Waals surface area contributed by atoms with Crippen molar-refractivity contribution >= 4 is 22.0 Å². The first-order valence-corrected chi connectivity index (χ1v) is 6.73. The Hall–Kier alpha value is -1.00. The predicted octanol–water partition coefficient (Wildman–Crippen LogP) is 3.61. The maximum absolute atomic E-state index is 5.83. The monoisotopic (exact) mass is 313 g/mol. The van der Waals surface area contributed by atoms with E-state index in [0.717, 1.165) is 27.1 Å². The SMILES string of the molecule is CCOc1c(Br)cc(/C=C(/C)C(C)N)cc1OC. The molecule has 0 spiro atoms. The van der Waals surface area contributed by atoms with Crippen molar-refractivity contribution in [2.75, 3.05) is 13.7 Å². The van der Waals surface area contributed by atoms with Crippen LogP contribution in [0.1, 0.15) is 26.3 Å². The molecule has 0 fully saturated rings. The van der Waals surface area contributed by atoms with Gasteiger partial charge in [0, 0.05) is 6.04 Å². The number of ether oxygens (including phenoxy) is 2. The molecule has 0 aliphatic rings. The van der Waals surface area contributed by atoms with Crippen LogP contribution in [-0.2, 0) is 0 Å². The van der Waals surface area contributed by atoms with E-state index >= 15 is 0 Å². The van der Waals surface area contributed by atoms with Crippen LogP contribution >= 0.6 is 15.9 Å². The Bertz CT molecular complexity index is 442. The number of nitrogens with two attached hydrogens (primary N) is 1. The molecule has 1 unspecified atom stereocenters. The molecule has 0 aliphatic heterocycles. The van der Waals surface area contributed by atoms with Crippen molar-refractivity contribution in [2.45, 2.75) is 26.8 Å². The fourth-order valence-electron chi connectivity index (χ4n) is 1.50. The molecule has 0 heterocycles. The first kappa shape index (κ1) is 15.1. The Kier molecular flexibility index (Phi) is 5.69. The fraction of sp³-hybridized carbons (Fsp3) is 0.429. The minimum atomic E-state index is 0.0429. The normalized spacial score (nSPS) is 13.3. The highest BCUT2D eigenvalue weighted by Gasteiger charge is 2.10. The second-order valence-corrected chi connectivity index (χ2v) is 5.00. The second-order valence-electron chi connectivity index (χ2n) is 4.14. The Labute approximate surface area is 117 Å². The Morgan fingerprint density at radius 1 is 1.50 bits per heavy atom. The fourth-order valence-corrected chi connectivity index (χ4v) is 2.08. The number of rotatable bonds is 5. The Morgan fingerprint density at radius 2 is 2.17 bits per heavy atom. The van der Waals surface area contributed by atoms with Gasteiger partial charge in [-0.2, -0.15) is 0 Å². The van der Waals surface area contributed by atoms with Gasteiger partial charge in [-0.3, -0.25) is 0 Å². The molecular weight excluding hydrogens is 294 g/mol. The van der Waals surface area contributed by atoms with Crippen molar-refractivity contribution in [1.82, 2.24) is 0 Å². The van der Waals surface area contributed by atoms with Crippen molar-refractivity contribution in [3.8, 4) is 11.5 Å². The zero-order valence-corrected chi connectivity index (χ0v) is 12.9. The van der Waals surface area contributed by atoms with Gasteiger partial charge in [0.2, 0.25) is 0 Å². The molecule has 2 N–H and O–H groups in total. The summed E-state index contributed by atoms with van der Waals surface area (Å²) < 4.78 is 11.8. The van der Waals surface area contributed by atoms with Crippen LogP contribution in [0.15, 0.2) is 22.2 Å². The van der Waals surface area contributed by atoms with E-state index in [4.69, 9.17) is 15.2 Å². The van der Waals surface area contributed by atoms with E-state index in [1.807, 2.05) is 39.0 Å². The topological polar surface area (TPSA) is 44.5 Å². The maximum atomic E-state index is 5.83. The van der Waals surface area contributed by atoms with E-state index in [-0.39, 0.29) is 6.04 Å². The average Bonchev–Trinajstić information content (AvgIpc) is 2.32. The number of halogens is 1. The molecule has 0 amide bonds. The summed E-state index contributed by atoms with van der Waals surface area (Å²) >= 11 is 3.50. The number of hydrogen-bond acceptors (Lipinski definition) is 3. The summed E-state index contributed by atoms with van der Waals surface area (Å²) in [6.45, 7) is 6.52. The summed E-state index contributed by atoms with van der Waals surface area (Å²) in [5, 5.41) is 0. The summed E-state index contributed by atoms with van der Waals surface area (Å²) in [4.78, 5) is 0. The lowest BCUT2D eigenvalue weighted by Crippen LogP contribution is -2.15. The van der Waals surface area contributed by atoms with Gasteiger partial charge in [-0.1, -0.05) is 11.6 Å². The van der Waals surface area contributed by atoms with Crippen molar-refractivity contribution in [3.05, 3.63) is 27.7 Å². The van der Waals surface area contributed by atoms with Gasteiger partial charge in [0.15, 0.2) is 11.5 Å². The van der Waals surface area contributed by atoms with E-state index in [2.05, 4.69) is 15.9 Å². The van der Waals surface area contributed by atoms with Crippen LogP contribution in [0, 0.1) is 0 Å². The molecule has 0 saturated heterocycles. The molecule has 1 rings (SSSR count). The van der Waals surface area contributed by atoms with Crippen LogP contribution < -0.4 is 15.2 Å². The molecule has 0 radical (unpaired) electrons. The molecule has 4 heteroatoms. The van der Waals surface area contributed by atoms with Crippen LogP contribution in [0.4, 0.5) is 0 Å². The van der Waals surface area contributed by atoms with Crippen molar-refractivity contribution < 1.29 is 9.47 Å². The van der Waals surface area contributed by atoms with Gasteiger partial charge < -0.3 is 15.2 Å². The molecule has 18 heavy (non-hydrogen) atoms. The van der Waals surface area contributed by atoms with Gasteiger partial charge in [-0.25, -0.2) is 0 Å². The Morgan fingerprint density at radius 3 is 2.67 bits per heavy atom. The smallest absolute Gasteiger partial charge is 0.175 e. The molecule has 1 atom stereocenters. The van der Waals surface area contributed by atoms with Crippen molar-refractivity contribution in [1.29, 1.82) is 0 Å². The van der Waals surface area contributed by atoms with Gasteiger partial charge in [0.1, 0.15) is 0 Å². The largest absolute Gasteiger partial charge is 0.493 e. The van der Waals surface area contributed by atoms with E-state index in [1.54, 1.807) is 7.11 Å². The zero-order valence-electron chi connectivity index (χ0n) is 11.3. The highest BCUT2D eigenvalue weighted by atomic mass is 79.9. The lowest BCUT2D eigenvalue weighted by atomic mass is 10.1. The highest BCUT2D eigenvalue weighted by molar-refractivity contribution is 9.10. The second kappa shape index (κ2) is 6.81. The van der Waals surface area contributed by atoms with Crippen LogP contribution in [0.5, 0.6) is 11.5 Å². The molecule has 0 aromatic heterocycles. The van der Waals surface area contributed by atoms with E-state index in [1.165, 1.54) is 0 Å². The summed E-state index contributed by atoms with van der Waals surface area (Å²) in [5.41, 5.74) is 7.99. The predicted molar refractivity (Wildman–Crippen MR) is 79.2 cm³/mol. The first-order chi connectivity index (χ1) is 8.49. The molecule has 0 bridgehead atoms. The third-order valence-corrected chi connectivity index (χ3v) is 3.24. The van der Waals surface area contributed by atoms with Crippen LogP contribution in [0.25, 0.3) is 6.08 Å². The molecule has 100 valence electrons. The van der Waals surface area contributed by atoms with E-state index < -0.39 is 0 Å². The summed E-state index contributed by atoms with van der Waals surface area (Å²) in [6.07, 6.45) is 2.05. The van der Waals surface area contributed by atoms with E-state index in [0.29, 0.717) is 6.61 Å². The van der Waals surface area contributed by atoms with Gasteiger partial charge in [0.25, 0.3) is 0 Å². The van der Waals surface area contributed by atoms with Gasteiger partial charge >= 0.3 is 0 Å². The molecule has 1 aromatic rings. The van der Waals surface area contributed by atoms with Gasteiger partial charge in [0.05, 0.1) is 18.2 Å². The summed E-state index contributed by atoms with van der Waals surface area (Å²) in [6, 6.07) is 3.99.